The van der Waals surface area contributed by atoms with Crippen molar-refractivity contribution in [2.45, 2.75) is 44.4 Å². The zero-order chi connectivity index (χ0) is 16.4. The molecule has 1 aromatic carbocycles. The number of nitrogens with zero attached hydrogens (tertiary/aromatic N) is 1. The van der Waals surface area contributed by atoms with Crippen molar-refractivity contribution in [3.05, 3.63) is 42.4 Å². The molecule has 1 saturated carbocycles. The summed E-state index contributed by atoms with van der Waals surface area (Å²) in [6.45, 7) is 0.0568. The van der Waals surface area contributed by atoms with Crippen LogP contribution in [0.4, 0.5) is 0 Å². The van der Waals surface area contributed by atoms with Gasteiger partial charge in [0.25, 0.3) is 0 Å². The van der Waals surface area contributed by atoms with Crippen LogP contribution in [0, 0.1) is 5.92 Å². The molecule has 2 heterocycles. The minimum atomic E-state index is -0.279. The first kappa shape index (κ1) is 15.4. The van der Waals surface area contributed by atoms with Crippen LogP contribution in [0.2, 0.25) is 0 Å². The number of nitrogens with one attached hydrogen (secondary N) is 2. The van der Waals surface area contributed by atoms with Crippen molar-refractivity contribution in [2.75, 3.05) is 0 Å². The highest BCUT2D eigenvalue weighted by molar-refractivity contribution is 5.76. The van der Waals surface area contributed by atoms with Crippen LogP contribution in [-0.4, -0.2) is 23.0 Å². The smallest absolute Gasteiger partial charge is 0.325 e. The molecule has 0 spiro atoms. The van der Waals surface area contributed by atoms with Gasteiger partial charge in [0.1, 0.15) is 6.04 Å². The lowest BCUT2D eigenvalue weighted by atomic mass is 9.82. The highest BCUT2D eigenvalue weighted by Crippen LogP contribution is 2.30. The Kier molecular flexibility index (Phi) is 4.32. The predicted molar refractivity (Wildman–Crippen MR) is 87.5 cm³/mol. The van der Waals surface area contributed by atoms with Gasteiger partial charge in [-0.1, -0.05) is 43.2 Å². The van der Waals surface area contributed by atoms with E-state index in [4.69, 9.17) is 9.15 Å². The fraction of sp³-hybridized carbons (Fsp3) is 0.444. The second kappa shape index (κ2) is 6.75. The summed E-state index contributed by atoms with van der Waals surface area (Å²) in [5.41, 5.74) is 7.27. The van der Waals surface area contributed by atoms with Crippen LogP contribution in [0.1, 0.15) is 31.6 Å². The fourth-order valence-corrected chi connectivity index (χ4v) is 3.61. The largest absolute Gasteiger partial charge is 0.454 e. The second-order valence-corrected chi connectivity index (χ2v) is 6.41. The summed E-state index contributed by atoms with van der Waals surface area (Å²) in [4.78, 5) is 16.5. The van der Waals surface area contributed by atoms with Crippen molar-refractivity contribution >= 4 is 5.97 Å². The molecular formula is C18H21N3O3. The second-order valence-electron chi connectivity index (χ2n) is 6.41. The molecule has 24 heavy (non-hydrogen) atoms. The van der Waals surface area contributed by atoms with Crippen LogP contribution in [-0.2, 0) is 16.1 Å². The van der Waals surface area contributed by atoms with E-state index in [0.717, 1.165) is 18.4 Å². The molecule has 2 aliphatic rings. The molecule has 0 radical (unpaired) electrons. The van der Waals surface area contributed by atoms with Gasteiger partial charge < -0.3 is 9.15 Å². The number of ether oxygens (including phenoxy) is 1. The standard InChI is InChI=1S/C18H21N3O3/c22-18(17-13-8-4-5-9-14(13)20-21-17)23-11-16-19-10-15(24-16)12-6-2-1-3-7-12/h1-3,6-7,10,13-14,17,20-21H,4-5,8-9,11H2. The number of carbonyl (C=O) groups excluding carboxylic acids is 1. The van der Waals surface area contributed by atoms with Crippen molar-refractivity contribution in [1.29, 1.82) is 0 Å². The molecule has 6 nitrogen and oxygen atoms in total. The summed E-state index contributed by atoms with van der Waals surface area (Å²) in [7, 11) is 0. The van der Waals surface area contributed by atoms with Crippen LogP contribution in [0.25, 0.3) is 11.3 Å². The van der Waals surface area contributed by atoms with Gasteiger partial charge in [0.15, 0.2) is 12.4 Å². The quantitative estimate of drug-likeness (QED) is 0.840. The Labute approximate surface area is 140 Å². The summed E-state index contributed by atoms with van der Waals surface area (Å²) in [6, 6.07) is 9.83. The van der Waals surface area contributed by atoms with Gasteiger partial charge in [-0.3, -0.25) is 10.2 Å². The third-order valence-corrected chi connectivity index (χ3v) is 4.88. The minimum Gasteiger partial charge on any atom is -0.454 e. The molecule has 2 aromatic rings. The first-order valence-electron chi connectivity index (χ1n) is 8.49. The Balaban J connectivity index is 1.35. The predicted octanol–water partition coefficient (Wildman–Crippen LogP) is 2.42. The molecule has 0 amide bonds. The highest BCUT2D eigenvalue weighted by Gasteiger charge is 2.41. The number of hydrazine groups is 1. The Morgan fingerprint density at radius 1 is 1.21 bits per heavy atom. The SMILES string of the molecule is O=C(OCc1ncc(-c2ccccc2)o1)C1NNC2CCCCC21. The Bertz CT molecular complexity index is 701. The number of oxazole rings is 1. The summed E-state index contributed by atoms with van der Waals surface area (Å²) in [5.74, 6) is 1.16. The maximum absolute atomic E-state index is 12.4. The molecule has 126 valence electrons. The van der Waals surface area contributed by atoms with E-state index in [1.54, 1.807) is 6.20 Å². The lowest BCUT2D eigenvalue weighted by Crippen LogP contribution is -2.39. The lowest BCUT2D eigenvalue weighted by Gasteiger charge is -2.26. The van der Waals surface area contributed by atoms with Crippen molar-refractivity contribution in [3.8, 4) is 11.3 Å². The number of hydrogen-bond acceptors (Lipinski definition) is 6. The van der Waals surface area contributed by atoms with E-state index in [9.17, 15) is 4.79 Å². The maximum Gasteiger partial charge on any atom is 0.325 e. The topological polar surface area (TPSA) is 76.4 Å². The molecule has 3 unspecified atom stereocenters. The van der Waals surface area contributed by atoms with Gasteiger partial charge in [0.05, 0.1) is 6.20 Å². The number of carbonyl (C=O) groups is 1. The Morgan fingerprint density at radius 3 is 2.92 bits per heavy atom. The van der Waals surface area contributed by atoms with E-state index in [1.165, 1.54) is 12.8 Å². The zero-order valence-electron chi connectivity index (χ0n) is 13.4. The number of rotatable bonds is 4. The van der Waals surface area contributed by atoms with Crippen LogP contribution in [0.5, 0.6) is 0 Å². The van der Waals surface area contributed by atoms with Gasteiger partial charge in [-0.05, 0) is 12.8 Å². The zero-order valence-corrected chi connectivity index (χ0v) is 13.4. The first-order valence-corrected chi connectivity index (χ1v) is 8.49. The number of esters is 1. The van der Waals surface area contributed by atoms with E-state index in [0.29, 0.717) is 23.6 Å². The molecule has 2 fully saturated rings. The summed E-state index contributed by atoms with van der Waals surface area (Å²) in [5, 5.41) is 0. The van der Waals surface area contributed by atoms with Crippen LogP contribution in [0.15, 0.2) is 40.9 Å². The van der Waals surface area contributed by atoms with Gasteiger partial charge in [0, 0.05) is 17.5 Å². The third kappa shape index (κ3) is 3.07. The van der Waals surface area contributed by atoms with Crippen molar-refractivity contribution in [1.82, 2.24) is 15.8 Å². The van der Waals surface area contributed by atoms with Gasteiger partial charge in [-0.15, -0.1) is 0 Å². The van der Waals surface area contributed by atoms with Gasteiger partial charge in [-0.2, -0.15) is 0 Å². The van der Waals surface area contributed by atoms with E-state index in [-0.39, 0.29) is 18.6 Å². The molecule has 0 bridgehead atoms. The normalized spacial score (nSPS) is 26.1. The highest BCUT2D eigenvalue weighted by atomic mass is 16.5. The van der Waals surface area contributed by atoms with E-state index >= 15 is 0 Å². The van der Waals surface area contributed by atoms with Crippen molar-refractivity contribution < 1.29 is 13.9 Å². The Hall–Kier alpha value is -2.18. The minimum absolute atomic E-state index is 0.0568. The molecule has 1 aliphatic heterocycles. The number of aromatic nitrogens is 1. The van der Waals surface area contributed by atoms with Crippen molar-refractivity contribution in [3.63, 3.8) is 0 Å². The summed E-state index contributed by atoms with van der Waals surface area (Å²) >= 11 is 0. The molecule has 4 rings (SSSR count). The van der Waals surface area contributed by atoms with Crippen molar-refractivity contribution in [2.24, 2.45) is 5.92 Å². The Morgan fingerprint density at radius 2 is 2.04 bits per heavy atom. The number of fused-ring (bicyclic) bond motifs is 1. The van der Waals surface area contributed by atoms with E-state index < -0.39 is 0 Å². The van der Waals surface area contributed by atoms with E-state index in [2.05, 4.69) is 15.8 Å². The van der Waals surface area contributed by atoms with Gasteiger partial charge >= 0.3 is 5.97 Å². The lowest BCUT2D eigenvalue weighted by molar-refractivity contribution is -0.149. The maximum atomic E-state index is 12.4. The van der Waals surface area contributed by atoms with Crippen LogP contribution in [0.3, 0.4) is 0 Å². The summed E-state index contributed by atoms with van der Waals surface area (Å²) in [6.07, 6.45) is 6.22. The first-order chi connectivity index (χ1) is 11.8. The van der Waals surface area contributed by atoms with Gasteiger partial charge in [0.2, 0.25) is 5.89 Å². The average molecular weight is 327 g/mol. The van der Waals surface area contributed by atoms with Crippen LogP contribution >= 0.6 is 0 Å². The molecular weight excluding hydrogens is 306 g/mol. The molecule has 2 N–H and O–H groups in total. The third-order valence-electron chi connectivity index (χ3n) is 4.88. The fourth-order valence-electron chi connectivity index (χ4n) is 3.61. The summed E-state index contributed by atoms with van der Waals surface area (Å²) < 4.78 is 11.1. The van der Waals surface area contributed by atoms with Crippen LogP contribution < -0.4 is 10.9 Å². The number of hydrogen-bond donors (Lipinski definition) is 2. The molecule has 3 atom stereocenters. The van der Waals surface area contributed by atoms with E-state index in [1.807, 2.05) is 30.3 Å². The monoisotopic (exact) mass is 327 g/mol. The molecule has 1 saturated heterocycles. The molecule has 1 aromatic heterocycles. The molecule has 6 heteroatoms. The number of benzene rings is 1. The molecule has 1 aliphatic carbocycles. The van der Waals surface area contributed by atoms with Gasteiger partial charge in [-0.25, -0.2) is 10.4 Å². The average Bonchev–Trinajstić information content (AvgIpc) is 3.27.